The van der Waals surface area contributed by atoms with E-state index in [9.17, 15) is 8.42 Å². The molecule has 6 nitrogen and oxygen atoms in total. The number of nitrogens with two attached hydrogens (primary N) is 1. The van der Waals surface area contributed by atoms with Crippen molar-refractivity contribution in [2.45, 2.75) is 24.4 Å². The van der Waals surface area contributed by atoms with E-state index >= 15 is 0 Å². The van der Waals surface area contributed by atoms with Gasteiger partial charge in [-0.3, -0.25) is 4.68 Å². The van der Waals surface area contributed by atoms with Crippen molar-refractivity contribution >= 4 is 10.0 Å². The van der Waals surface area contributed by atoms with Crippen molar-refractivity contribution in [1.29, 1.82) is 0 Å². The van der Waals surface area contributed by atoms with Gasteiger partial charge in [0.05, 0.1) is 5.69 Å². The van der Waals surface area contributed by atoms with E-state index in [0.29, 0.717) is 6.54 Å². The normalized spacial score (nSPS) is 16.6. The molecule has 0 unspecified atom stereocenters. The highest BCUT2D eigenvalue weighted by molar-refractivity contribution is 7.89. The molecular formula is C9H16N4O2S. The van der Waals surface area contributed by atoms with Gasteiger partial charge in [0.2, 0.25) is 0 Å². The number of rotatable bonds is 5. The fraction of sp³-hybridized carbons (Fsp3) is 0.667. The molecule has 3 N–H and O–H groups in total. The van der Waals surface area contributed by atoms with Gasteiger partial charge in [0, 0.05) is 19.7 Å². The molecule has 0 atom stereocenters. The summed E-state index contributed by atoms with van der Waals surface area (Å²) in [5, 5.41) is 12.1. The molecule has 90 valence electrons. The topological polar surface area (TPSA) is 90.0 Å². The van der Waals surface area contributed by atoms with Gasteiger partial charge in [-0.1, -0.05) is 0 Å². The predicted molar refractivity (Wildman–Crippen MR) is 59.0 cm³/mol. The van der Waals surface area contributed by atoms with Crippen molar-refractivity contribution in [1.82, 2.24) is 15.1 Å². The Hall–Kier alpha value is -0.920. The molecule has 0 spiro atoms. The third kappa shape index (κ3) is 2.81. The van der Waals surface area contributed by atoms with Crippen LogP contribution in [0.1, 0.15) is 18.5 Å². The van der Waals surface area contributed by atoms with Crippen LogP contribution >= 0.6 is 0 Å². The number of hydrogen-bond acceptors (Lipinski definition) is 4. The minimum absolute atomic E-state index is 0.0711. The standard InChI is InChI=1S/C9H16N4O2S/c1-13-8(6-11-5-7-2-3-7)4-9(12-13)16(10,14)15/h4,7,11H,2-3,5-6H2,1H3,(H2,10,14,15). The Bertz CT molecular complexity index is 476. The summed E-state index contributed by atoms with van der Waals surface area (Å²) in [6.45, 7) is 1.60. The molecule has 1 aromatic heterocycles. The molecule has 1 aromatic rings. The molecule has 0 saturated heterocycles. The molecule has 0 aromatic carbocycles. The second-order valence-corrected chi connectivity index (χ2v) is 5.73. The highest BCUT2D eigenvalue weighted by atomic mass is 32.2. The maximum Gasteiger partial charge on any atom is 0.257 e. The molecule has 0 bridgehead atoms. The summed E-state index contributed by atoms with van der Waals surface area (Å²) in [7, 11) is -1.98. The first-order chi connectivity index (χ1) is 7.47. The lowest BCUT2D eigenvalue weighted by molar-refractivity contribution is 0.582. The van der Waals surface area contributed by atoms with E-state index in [4.69, 9.17) is 5.14 Å². The Labute approximate surface area is 94.9 Å². The van der Waals surface area contributed by atoms with Gasteiger partial charge in [-0.15, -0.1) is 0 Å². The first-order valence-corrected chi connectivity index (χ1v) is 6.78. The lowest BCUT2D eigenvalue weighted by Gasteiger charge is -2.02. The Morgan fingerprint density at radius 3 is 2.81 bits per heavy atom. The molecule has 7 heteroatoms. The Kier molecular flexibility index (Phi) is 3.00. The summed E-state index contributed by atoms with van der Waals surface area (Å²) in [6.07, 6.45) is 2.58. The van der Waals surface area contributed by atoms with Crippen LogP contribution in [0.25, 0.3) is 0 Å². The largest absolute Gasteiger partial charge is 0.311 e. The van der Waals surface area contributed by atoms with E-state index in [1.165, 1.54) is 18.9 Å². The molecular weight excluding hydrogens is 228 g/mol. The fourth-order valence-corrected chi connectivity index (χ4v) is 2.04. The summed E-state index contributed by atoms with van der Waals surface area (Å²) in [5.74, 6) is 0.797. The Morgan fingerprint density at radius 2 is 2.31 bits per heavy atom. The number of nitrogens with zero attached hydrogens (tertiary/aromatic N) is 2. The zero-order valence-electron chi connectivity index (χ0n) is 9.18. The van der Waals surface area contributed by atoms with E-state index in [2.05, 4.69) is 10.4 Å². The van der Waals surface area contributed by atoms with Gasteiger partial charge in [-0.2, -0.15) is 5.10 Å². The fourth-order valence-electron chi connectivity index (χ4n) is 1.51. The van der Waals surface area contributed by atoms with Crippen molar-refractivity contribution in [3.63, 3.8) is 0 Å². The van der Waals surface area contributed by atoms with Gasteiger partial charge >= 0.3 is 0 Å². The van der Waals surface area contributed by atoms with Crippen molar-refractivity contribution < 1.29 is 8.42 Å². The first-order valence-electron chi connectivity index (χ1n) is 5.23. The zero-order valence-corrected chi connectivity index (χ0v) is 10.00. The van der Waals surface area contributed by atoms with Crippen molar-refractivity contribution in [3.05, 3.63) is 11.8 Å². The van der Waals surface area contributed by atoms with Crippen LogP contribution in [0, 0.1) is 5.92 Å². The van der Waals surface area contributed by atoms with Crippen molar-refractivity contribution in [2.75, 3.05) is 6.54 Å². The summed E-state index contributed by atoms with van der Waals surface area (Å²) in [5.41, 5.74) is 0.824. The number of sulfonamides is 1. The quantitative estimate of drug-likeness (QED) is 0.735. The summed E-state index contributed by atoms with van der Waals surface area (Å²) in [4.78, 5) is 0. The third-order valence-corrected chi connectivity index (χ3v) is 3.46. The SMILES string of the molecule is Cn1nc(S(N)(=O)=O)cc1CNCC1CC1. The van der Waals surface area contributed by atoms with Crippen LogP contribution in [0.4, 0.5) is 0 Å². The number of aryl methyl sites for hydroxylation is 1. The maximum atomic E-state index is 11.1. The molecule has 2 rings (SSSR count). The number of aromatic nitrogens is 2. The van der Waals surface area contributed by atoms with E-state index in [0.717, 1.165) is 18.2 Å². The van der Waals surface area contributed by atoms with Crippen LogP contribution in [-0.2, 0) is 23.6 Å². The minimum Gasteiger partial charge on any atom is -0.311 e. The molecule has 1 heterocycles. The highest BCUT2D eigenvalue weighted by Gasteiger charge is 2.20. The van der Waals surface area contributed by atoms with Gasteiger partial charge in [0.1, 0.15) is 0 Å². The van der Waals surface area contributed by atoms with E-state index in [1.807, 2.05) is 0 Å². The van der Waals surface area contributed by atoms with Crippen molar-refractivity contribution in [2.24, 2.45) is 18.1 Å². The minimum atomic E-state index is -3.69. The van der Waals surface area contributed by atoms with E-state index < -0.39 is 10.0 Å². The molecule has 1 saturated carbocycles. The summed E-state index contributed by atoms with van der Waals surface area (Å²) >= 11 is 0. The summed E-state index contributed by atoms with van der Waals surface area (Å²) < 4.78 is 23.7. The van der Waals surface area contributed by atoms with Crippen LogP contribution in [0.2, 0.25) is 0 Å². The molecule has 1 fully saturated rings. The van der Waals surface area contributed by atoms with Gasteiger partial charge < -0.3 is 5.32 Å². The van der Waals surface area contributed by atoms with Gasteiger partial charge in [-0.05, 0) is 25.3 Å². The average molecular weight is 244 g/mol. The smallest absolute Gasteiger partial charge is 0.257 e. The number of hydrogen-bond donors (Lipinski definition) is 2. The molecule has 0 radical (unpaired) electrons. The van der Waals surface area contributed by atoms with Crippen LogP contribution in [0.3, 0.4) is 0 Å². The number of nitrogens with one attached hydrogen (secondary N) is 1. The predicted octanol–water partition coefficient (Wildman–Crippen LogP) is -0.433. The molecule has 0 amide bonds. The van der Waals surface area contributed by atoms with Gasteiger partial charge in [0.15, 0.2) is 5.03 Å². The van der Waals surface area contributed by atoms with Crippen molar-refractivity contribution in [3.8, 4) is 0 Å². The molecule has 1 aliphatic carbocycles. The lowest BCUT2D eigenvalue weighted by Crippen LogP contribution is -2.18. The van der Waals surface area contributed by atoms with Crippen LogP contribution in [0.5, 0.6) is 0 Å². The van der Waals surface area contributed by atoms with E-state index in [-0.39, 0.29) is 5.03 Å². The first kappa shape index (κ1) is 11.6. The van der Waals surface area contributed by atoms with Gasteiger partial charge in [0.25, 0.3) is 10.0 Å². The molecule has 16 heavy (non-hydrogen) atoms. The van der Waals surface area contributed by atoms with Crippen LogP contribution in [-0.4, -0.2) is 24.7 Å². The number of primary sulfonamides is 1. The highest BCUT2D eigenvalue weighted by Crippen LogP contribution is 2.27. The average Bonchev–Trinajstić information content (AvgIpc) is 2.90. The maximum absolute atomic E-state index is 11.1. The Balaban J connectivity index is 2.00. The second kappa shape index (κ2) is 4.15. The molecule has 0 aliphatic heterocycles. The lowest BCUT2D eigenvalue weighted by atomic mass is 10.4. The van der Waals surface area contributed by atoms with Crippen LogP contribution < -0.4 is 10.5 Å². The van der Waals surface area contributed by atoms with E-state index in [1.54, 1.807) is 11.7 Å². The van der Waals surface area contributed by atoms with Crippen LogP contribution in [0.15, 0.2) is 11.1 Å². The third-order valence-electron chi connectivity index (χ3n) is 2.68. The Morgan fingerprint density at radius 1 is 1.62 bits per heavy atom. The second-order valence-electron chi connectivity index (χ2n) is 4.22. The monoisotopic (exact) mass is 244 g/mol. The summed E-state index contributed by atoms with van der Waals surface area (Å²) in [6, 6.07) is 1.51. The molecule has 1 aliphatic rings. The zero-order chi connectivity index (χ0) is 11.8. The van der Waals surface area contributed by atoms with Gasteiger partial charge in [-0.25, -0.2) is 13.6 Å².